The fourth-order valence-electron chi connectivity index (χ4n) is 3.50. The van der Waals surface area contributed by atoms with Gasteiger partial charge < -0.3 is 5.11 Å². The molecule has 1 heterocycles. The molecule has 4 heteroatoms. The Morgan fingerprint density at radius 2 is 1.69 bits per heavy atom. The van der Waals surface area contributed by atoms with E-state index in [9.17, 15) is 4.79 Å². The zero-order chi connectivity index (χ0) is 18.4. The summed E-state index contributed by atoms with van der Waals surface area (Å²) in [5.74, 6) is -0.807. The van der Waals surface area contributed by atoms with Crippen molar-refractivity contribution in [2.75, 3.05) is 0 Å². The normalized spacial score (nSPS) is 11.3. The van der Waals surface area contributed by atoms with Gasteiger partial charge in [-0.15, -0.1) is 11.3 Å². The summed E-state index contributed by atoms with van der Waals surface area (Å²) in [6.07, 6.45) is 0.0490. The van der Waals surface area contributed by atoms with Gasteiger partial charge >= 0.3 is 5.97 Å². The van der Waals surface area contributed by atoms with Crippen LogP contribution in [-0.4, -0.2) is 11.1 Å². The van der Waals surface area contributed by atoms with Gasteiger partial charge in [-0.2, -0.15) is 0 Å². The van der Waals surface area contributed by atoms with Crippen molar-refractivity contribution < 1.29 is 9.90 Å². The number of carboxylic acids is 1. The van der Waals surface area contributed by atoms with E-state index in [0.29, 0.717) is 0 Å². The number of fused-ring (bicyclic) bond motifs is 2. The maximum atomic E-state index is 11.0. The molecule has 0 amide bonds. The third-order valence-electron chi connectivity index (χ3n) is 4.87. The molecule has 0 radical (unpaired) electrons. The van der Waals surface area contributed by atoms with Crippen LogP contribution in [0.5, 0.6) is 0 Å². The predicted molar refractivity (Wildman–Crippen MR) is 113 cm³/mol. The fourth-order valence-corrected chi connectivity index (χ4v) is 5.40. The Hall–Kier alpha value is -2.17. The molecule has 0 unspecified atom stereocenters. The Kier molecular flexibility index (Phi) is 4.33. The molecule has 0 atom stereocenters. The average Bonchev–Trinajstić information content (AvgIpc) is 2.92. The summed E-state index contributed by atoms with van der Waals surface area (Å²) < 4.78 is 2.42. The van der Waals surface area contributed by atoms with Gasteiger partial charge in [0.1, 0.15) is 0 Å². The van der Waals surface area contributed by atoms with Gasteiger partial charge in [0.25, 0.3) is 0 Å². The van der Waals surface area contributed by atoms with Crippen molar-refractivity contribution in [1.29, 1.82) is 0 Å². The lowest BCUT2D eigenvalue weighted by atomic mass is 9.92. The van der Waals surface area contributed by atoms with Crippen LogP contribution in [0.3, 0.4) is 0 Å². The van der Waals surface area contributed by atoms with Gasteiger partial charge in [-0.3, -0.25) is 4.79 Å². The first-order chi connectivity index (χ1) is 12.5. The zero-order valence-electron chi connectivity index (χ0n) is 14.5. The maximum Gasteiger partial charge on any atom is 0.307 e. The molecule has 130 valence electrons. The van der Waals surface area contributed by atoms with Crippen molar-refractivity contribution in [2.45, 2.75) is 20.3 Å². The first-order valence-corrected chi connectivity index (χ1v) is 9.99. The summed E-state index contributed by atoms with van der Waals surface area (Å²) >= 11 is 5.64. The van der Waals surface area contributed by atoms with Crippen molar-refractivity contribution in [2.24, 2.45) is 0 Å². The van der Waals surface area contributed by atoms with Crippen molar-refractivity contribution in [3.8, 4) is 11.1 Å². The molecule has 0 aliphatic heterocycles. The van der Waals surface area contributed by atoms with Crippen LogP contribution >= 0.6 is 27.3 Å². The highest BCUT2D eigenvalue weighted by Gasteiger charge is 2.18. The lowest BCUT2D eigenvalue weighted by molar-refractivity contribution is -0.136. The first-order valence-electron chi connectivity index (χ1n) is 8.38. The second-order valence-corrected chi connectivity index (χ2v) is 8.51. The molecule has 2 nitrogen and oxygen atoms in total. The first kappa shape index (κ1) is 17.3. The van der Waals surface area contributed by atoms with Crippen LogP contribution in [0.15, 0.2) is 53.0 Å². The van der Waals surface area contributed by atoms with Crippen molar-refractivity contribution in [3.63, 3.8) is 0 Å². The highest BCUT2D eigenvalue weighted by Crippen LogP contribution is 2.46. The van der Waals surface area contributed by atoms with E-state index in [0.717, 1.165) is 15.6 Å². The van der Waals surface area contributed by atoms with Gasteiger partial charge in [0, 0.05) is 14.7 Å². The van der Waals surface area contributed by atoms with Gasteiger partial charge in [-0.1, -0.05) is 48.5 Å². The van der Waals surface area contributed by atoms with Crippen LogP contribution in [0.4, 0.5) is 0 Å². The molecule has 26 heavy (non-hydrogen) atoms. The molecule has 0 saturated heterocycles. The predicted octanol–water partition coefficient (Wildman–Crippen LogP) is 6.73. The Labute approximate surface area is 164 Å². The van der Waals surface area contributed by atoms with Gasteiger partial charge in [-0.05, 0) is 62.8 Å². The second-order valence-electron chi connectivity index (χ2n) is 6.49. The standard InChI is InChI=1S/C22H17BrO2S/c1-12-13(2)26-22-19(12)20(16-5-3-4-6-17(16)21(22)23)15-9-7-14(8-10-15)11-18(24)25/h3-10H,11H2,1-2H3,(H,24,25). The van der Waals surface area contributed by atoms with Gasteiger partial charge in [0.15, 0.2) is 0 Å². The number of aryl methyl sites for hydroxylation is 2. The van der Waals surface area contributed by atoms with E-state index in [2.05, 4.69) is 54.0 Å². The summed E-state index contributed by atoms with van der Waals surface area (Å²) in [4.78, 5) is 12.3. The molecule has 0 aliphatic carbocycles. The molecule has 0 bridgehead atoms. The van der Waals surface area contributed by atoms with Crippen LogP contribution in [0.25, 0.3) is 32.0 Å². The van der Waals surface area contributed by atoms with Gasteiger partial charge in [-0.25, -0.2) is 0 Å². The molecule has 1 N–H and O–H groups in total. The largest absolute Gasteiger partial charge is 0.481 e. The Bertz CT molecular complexity index is 1160. The highest BCUT2D eigenvalue weighted by molar-refractivity contribution is 9.11. The second kappa shape index (κ2) is 6.53. The molecule has 3 aromatic carbocycles. The summed E-state index contributed by atoms with van der Waals surface area (Å²) in [6, 6.07) is 16.3. The van der Waals surface area contributed by atoms with E-state index < -0.39 is 5.97 Å². The molecule has 0 spiro atoms. The Morgan fingerprint density at radius 1 is 1.04 bits per heavy atom. The molecule has 0 fully saturated rings. The quantitative estimate of drug-likeness (QED) is 0.395. The summed E-state index contributed by atoms with van der Waals surface area (Å²) in [5.41, 5.74) is 4.47. The summed E-state index contributed by atoms with van der Waals surface area (Å²) in [5, 5.41) is 12.7. The number of carbonyl (C=O) groups is 1. The smallest absolute Gasteiger partial charge is 0.307 e. The van der Waals surface area contributed by atoms with E-state index in [1.807, 2.05) is 35.6 Å². The van der Waals surface area contributed by atoms with Crippen LogP contribution in [0.1, 0.15) is 16.0 Å². The highest BCUT2D eigenvalue weighted by atomic mass is 79.9. The van der Waals surface area contributed by atoms with Crippen LogP contribution in [0, 0.1) is 13.8 Å². The van der Waals surface area contributed by atoms with E-state index in [1.165, 1.54) is 36.9 Å². The van der Waals surface area contributed by atoms with E-state index in [1.54, 1.807) is 0 Å². The SMILES string of the molecule is Cc1sc2c(Br)c3ccccc3c(-c3ccc(CC(=O)O)cc3)c2c1C. The fraction of sp³-hybridized carbons (Fsp3) is 0.136. The third-order valence-corrected chi connectivity index (χ3v) is 7.18. The van der Waals surface area contributed by atoms with Crippen molar-refractivity contribution in [1.82, 2.24) is 0 Å². The molecule has 0 saturated carbocycles. The molecule has 4 rings (SSSR count). The van der Waals surface area contributed by atoms with Crippen LogP contribution < -0.4 is 0 Å². The molecular formula is C22H17BrO2S. The molecule has 4 aromatic rings. The van der Waals surface area contributed by atoms with Crippen molar-refractivity contribution in [3.05, 3.63) is 69.0 Å². The average molecular weight is 425 g/mol. The van der Waals surface area contributed by atoms with E-state index in [-0.39, 0.29) is 6.42 Å². The van der Waals surface area contributed by atoms with Crippen LogP contribution in [-0.2, 0) is 11.2 Å². The van der Waals surface area contributed by atoms with E-state index in [4.69, 9.17) is 5.11 Å². The molecule has 0 aliphatic rings. The lowest BCUT2D eigenvalue weighted by Gasteiger charge is -2.13. The van der Waals surface area contributed by atoms with Crippen molar-refractivity contribution >= 4 is 54.1 Å². The lowest BCUT2D eigenvalue weighted by Crippen LogP contribution is -1.99. The number of thiophene rings is 1. The number of benzene rings is 3. The Morgan fingerprint density at radius 3 is 2.35 bits per heavy atom. The topological polar surface area (TPSA) is 37.3 Å². The van der Waals surface area contributed by atoms with E-state index >= 15 is 0 Å². The minimum atomic E-state index is -0.807. The van der Waals surface area contributed by atoms with Gasteiger partial charge in [0.2, 0.25) is 0 Å². The maximum absolute atomic E-state index is 11.0. The number of carboxylic acid groups (broad SMARTS) is 1. The summed E-state index contributed by atoms with van der Waals surface area (Å²) in [7, 11) is 0. The number of rotatable bonds is 3. The minimum absolute atomic E-state index is 0.0490. The summed E-state index contributed by atoms with van der Waals surface area (Å²) in [6.45, 7) is 4.34. The molecule has 1 aromatic heterocycles. The minimum Gasteiger partial charge on any atom is -0.481 e. The van der Waals surface area contributed by atoms with Gasteiger partial charge in [0.05, 0.1) is 11.1 Å². The zero-order valence-corrected chi connectivity index (χ0v) is 16.9. The number of hydrogen-bond acceptors (Lipinski definition) is 2. The Balaban J connectivity index is 2.06. The molecular weight excluding hydrogens is 408 g/mol. The number of aliphatic carboxylic acids is 1. The van der Waals surface area contributed by atoms with Crippen LogP contribution in [0.2, 0.25) is 0 Å². The monoisotopic (exact) mass is 424 g/mol. The number of halogens is 1. The number of hydrogen-bond donors (Lipinski definition) is 1. The third kappa shape index (κ3) is 2.74.